The van der Waals surface area contributed by atoms with Crippen LogP contribution in [0.2, 0.25) is 0 Å². The number of nitrogens with zero attached hydrogens (tertiary/aromatic N) is 4. The Labute approximate surface area is 138 Å². The predicted octanol–water partition coefficient (Wildman–Crippen LogP) is 1.13. The maximum atomic E-state index is 12.6. The van der Waals surface area contributed by atoms with E-state index in [4.69, 9.17) is 9.84 Å². The molecule has 1 aliphatic rings. The zero-order valence-electron chi connectivity index (χ0n) is 13.5. The Morgan fingerprint density at radius 1 is 1.29 bits per heavy atom. The molecule has 1 aliphatic heterocycles. The summed E-state index contributed by atoms with van der Waals surface area (Å²) in [5.41, 5.74) is 1.63. The smallest absolute Gasteiger partial charge is 0.308 e. The van der Waals surface area contributed by atoms with E-state index >= 15 is 0 Å². The summed E-state index contributed by atoms with van der Waals surface area (Å²) in [5, 5.41) is 17.1. The van der Waals surface area contributed by atoms with Gasteiger partial charge in [0.2, 0.25) is 0 Å². The van der Waals surface area contributed by atoms with Crippen LogP contribution in [0.3, 0.4) is 0 Å². The zero-order valence-corrected chi connectivity index (χ0v) is 13.5. The fraction of sp³-hybridized carbons (Fsp3) is 0.375. The van der Waals surface area contributed by atoms with E-state index in [-0.39, 0.29) is 18.1 Å². The molecule has 8 nitrogen and oxygen atoms in total. The van der Waals surface area contributed by atoms with Gasteiger partial charge in [0, 0.05) is 13.1 Å². The van der Waals surface area contributed by atoms with Crippen molar-refractivity contribution < 1.29 is 19.4 Å². The molecule has 1 atom stereocenters. The van der Waals surface area contributed by atoms with Crippen LogP contribution in [-0.4, -0.2) is 57.1 Å². The maximum absolute atomic E-state index is 12.6. The maximum Gasteiger partial charge on any atom is 0.308 e. The minimum atomic E-state index is -0.871. The quantitative estimate of drug-likeness (QED) is 0.902. The average Bonchev–Trinajstić information content (AvgIpc) is 3.21. The number of hydrogen-bond donors (Lipinski definition) is 1. The number of benzene rings is 1. The minimum absolute atomic E-state index is 0.211. The van der Waals surface area contributed by atoms with Crippen molar-refractivity contribution in [2.24, 2.45) is 5.92 Å². The first kappa shape index (κ1) is 16.0. The van der Waals surface area contributed by atoms with Crippen molar-refractivity contribution in [2.75, 3.05) is 20.2 Å². The highest BCUT2D eigenvalue weighted by molar-refractivity contribution is 5.94. The Morgan fingerprint density at radius 2 is 2.00 bits per heavy atom. The number of carbonyl (C=O) groups is 2. The lowest BCUT2D eigenvalue weighted by Crippen LogP contribution is -2.30. The molecule has 3 rings (SSSR count). The Kier molecular flexibility index (Phi) is 4.20. The second-order valence-electron chi connectivity index (χ2n) is 5.71. The van der Waals surface area contributed by atoms with Crippen molar-refractivity contribution in [3.05, 3.63) is 35.7 Å². The summed E-state index contributed by atoms with van der Waals surface area (Å²) >= 11 is 0. The first-order chi connectivity index (χ1) is 11.5. The zero-order chi connectivity index (χ0) is 17.3. The highest BCUT2D eigenvalue weighted by Crippen LogP contribution is 2.21. The van der Waals surface area contributed by atoms with Crippen LogP contribution in [0.1, 0.15) is 22.6 Å². The Balaban J connectivity index is 1.81. The number of carboxylic acids is 1. The molecular weight excluding hydrogens is 312 g/mol. The molecule has 0 radical (unpaired) electrons. The fourth-order valence-electron chi connectivity index (χ4n) is 2.79. The van der Waals surface area contributed by atoms with E-state index in [1.807, 2.05) is 12.1 Å². The Hall–Kier alpha value is -2.90. The number of hydrogen-bond acceptors (Lipinski definition) is 5. The monoisotopic (exact) mass is 330 g/mol. The number of aromatic nitrogens is 3. The highest BCUT2D eigenvalue weighted by Gasteiger charge is 2.33. The van der Waals surface area contributed by atoms with E-state index in [1.165, 1.54) is 4.90 Å². The Morgan fingerprint density at radius 3 is 2.58 bits per heavy atom. The molecule has 1 saturated heterocycles. The van der Waals surface area contributed by atoms with Crippen LogP contribution in [-0.2, 0) is 4.79 Å². The van der Waals surface area contributed by atoms with Gasteiger partial charge in [0.15, 0.2) is 5.69 Å². The van der Waals surface area contributed by atoms with Gasteiger partial charge >= 0.3 is 5.97 Å². The molecule has 1 unspecified atom stereocenters. The molecule has 0 spiro atoms. The number of amides is 1. The summed E-state index contributed by atoms with van der Waals surface area (Å²) in [7, 11) is 1.59. The molecule has 1 N–H and O–H groups in total. The molecular formula is C16H18N4O4. The standard InChI is InChI=1S/C16H18N4O4/c1-10-14(15(21)19-8-7-11(9-19)16(22)23)17-18-20(10)12-3-5-13(24-2)6-4-12/h3-6,11H,7-9H2,1-2H3,(H,22,23). The second-order valence-corrected chi connectivity index (χ2v) is 5.71. The molecule has 24 heavy (non-hydrogen) atoms. The van der Waals surface area contributed by atoms with Crippen LogP contribution in [0, 0.1) is 12.8 Å². The molecule has 0 aliphatic carbocycles. The van der Waals surface area contributed by atoms with Gasteiger partial charge in [-0.15, -0.1) is 5.10 Å². The van der Waals surface area contributed by atoms with Crippen molar-refractivity contribution >= 4 is 11.9 Å². The van der Waals surface area contributed by atoms with Crippen molar-refractivity contribution in [2.45, 2.75) is 13.3 Å². The van der Waals surface area contributed by atoms with Gasteiger partial charge in [0.1, 0.15) is 5.75 Å². The number of aliphatic carboxylic acids is 1. The summed E-state index contributed by atoms with van der Waals surface area (Å²) in [5.74, 6) is -0.935. The third kappa shape index (κ3) is 2.82. The van der Waals surface area contributed by atoms with Gasteiger partial charge in [-0.2, -0.15) is 0 Å². The summed E-state index contributed by atoms with van der Waals surface area (Å²) in [6, 6.07) is 7.25. The van der Waals surface area contributed by atoms with Crippen molar-refractivity contribution in [3.8, 4) is 11.4 Å². The molecule has 1 amide bonds. The van der Waals surface area contributed by atoms with Gasteiger partial charge in [-0.1, -0.05) is 5.21 Å². The largest absolute Gasteiger partial charge is 0.497 e. The molecule has 1 aromatic carbocycles. The third-order valence-electron chi connectivity index (χ3n) is 4.24. The van der Waals surface area contributed by atoms with Gasteiger partial charge in [-0.05, 0) is 37.6 Å². The molecule has 1 fully saturated rings. The molecule has 0 bridgehead atoms. The lowest BCUT2D eigenvalue weighted by Gasteiger charge is -2.14. The van der Waals surface area contributed by atoms with Gasteiger partial charge < -0.3 is 14.7 Å². The predicted molar refractivity (Wildman–Crippen MR) is 84.3 cm³/mol. The summed E-state index contributed by atoms with van der Waals surface area (Å²) in [4.78, 5) is 25.1. The molecule has 2 heterocycles. The number of carbonyl (C=O) groups excluding carboxylic acids is 1. The van der Waals surface area contributed by atoms with Gasteiger partial charge in [0.25, 0.3) is 5.91 Å². The molecule has 126 valence electrons. The number of rotatable bonds is 4. The first-order valence-electron chi connectivity index (χ1n) is 7.60. The lowest BCUT2D eigenvalue weighted by atomic mass is 10.1. The van der Waals surface area contributed by atoms with Crippen LogP contribution < -0.4 is 4.74 Å². The van der Waals surface area contributed by atoms with Crippen LogP contribution >= 0.6 is 0 Å². The number of carboxylic acid groups (broad SMARTS) is 1. The summed E-state index contributed by atoms with van der Waals surface area (Å²) in [6.07, 6.45) is 0.465. The number of likely N-dealkylation sites (tertiary alicyclic amines) is 1. The van der Waals surface area contributed by atoms with Crippen molar-refractivity contribution in [1.29, 1.82) is 0 Å². The van der Waals surface area contributed by atoms with Gasteiger partial charge in [0.05, 0.1) is 24.4 Å². The molecule has 2 aromatic rings. The van der Waals surface area contributed by atoms with Crippen LogP contribution in [0.15, 0.2) is 24.3 Å². The average molecular weight is 330 g/mol. The Bertz CT molecular complexity index is 769. The van der Waals surface area contributed by atoms with Crippen LogP contribution in [0.4, 0.5) is 0 Å². The van der Waals surface area contributed by atoms with E-state index in [1.54, 1.807) is 30.8 Å². The number of ether oxygens (including phenoxy) is 1. The highest BCUT2D eigenvalue weighted by atomic mass is 16.5. The van der Waals surface area contributed by atoms with Crippen molar-refractivity contribution in [3.63, 3.8) is 0 Å². The van der Waals surface area contributed by atoms with E-state index < -0.39 is 11.9 Å². The molecule has 8 heteroatoms. The van der Waals surface area contributed by atoms with E-state index in [0.29, 0.717) is 18.7 Å². The van der Waals surface area contributed by atoms with Crippen LogP contribution in [0.5, 0.6) is 5.75 Å². The number of methoxy groups -OCH3 is 1. The minimum Gasteiger partial charge on any atom is -0.497 e. The van der Waals surface area contributed by atoms with E-state index in [0.717, 1.165) is 11.4 Å². The SMILES string of the molecule is COc1ccc(-n2nnc(C(=O)N3CCC(C(=O)O)C3)c2C)cc1. The van der Waals surface area contributed by atoms with Crippen molar-refractivity contribution in [1.82, 2.24) is 19.9 Å². The summed E-state index contributed by atoms with van der Waals surface area (Å²) < 4.78 is 6.70. The molecule has 1 aromatic heterocycles. The topological polar surface area (TPSA) is 97.5 Å². The fourth-order valence-corrected chi connectivity index (χ4v) is 2.79. The second kappa shape index (κ2) is 6.31. The van der Waals surface area contributed by atoms with Crippen LogP contribution in [0.25, 0.3) is 5.69 Å². The third-order valence-corrected chi connectivity index (χ3v) is 4.24. The van der Waals surface area contributed by atoms with Gasteiger partial charge in [-0.25, -0.2) is 4.68 Å². The first-order valence-corrected chi connectivity index (χ1v) is 7.60. The lowest BCUT2D eigenvalue weighted by molar-refractivity contribution is -0.141. The van der Waals surface area contributed by atoms with Gasteiger partial charge in [-0.3, -0.25) is 9.59 Å². The van der Waals surface area contributed by atoms with E-state index in [2.05, 4.69) is 10.3 Å². The molecule has 0 saturated carbocycles. The normalized spacial score (nSPS) is 17.1. The summed E-state index contributed by atoms with van der Waals surface area (Å²) in [6.45, 7) is 2.40. The van der Waals surface area contributed by atoms with E-state index in [9.17, 15) is 9.59 Å².